The van der Waals surface area contributed by atoms with Crippen molar-refractivity contribution in [2.24, 2.45) is 0 Å². The highest BCUT2D eigenvalue weighted by Gasteiger charge is 2.21. The normalized spacial score (nSPS) is 15.0. The average molecular weight is 367 g/mol. The summed E-state index contributed by atoms with van der Waals surface area (Å²) in [4.78, 5) is 16.8. The number of hydrogen-bond acceptors (Lipinski definition) is 5. The first kappa shape index (κ1) is 19.1. The molecule has 1 aliphatic heterocycles. The third-order valence-corrected chi connectivity index (χ3v) is 4.89. The number of hydrogen-bond donors (Lipinski definition) is 1. The summed E-state index contributed by atoms with van der Waals surface area (Å²) in [6, 6.07) is 10.1. The molecule has 1 N–H and O–H groups in total. The number of amides is 1. The van der Waals surface area contributed by atoms with Gasteiger partial charge in [0.25, 0.3) is 5.91 Å². The molecule has 144 valence electrons. The Labute approximate surface area is 161 Å². The average Bonchev–Trinajstić information content (AvgIpc) is 2.63. The predicted molar refractivity (Wildman–Crippen MR) is 110 cm³/mol. The highest BCUT2D eigenvalue weighted by Crippen LogP contribution is 2.24. The minimum absolute atomic E-state index is 0.193. The van der Waals surface area contributed by atoms with Gasteiger partial charge in [0.1, 0.15) is 0 Å². The van der Waals surface area contributed by atoms with E-state index in [-0.39, 0.29) is 11.4 Å². The summed E-state index contributed by atoms with van der Waals surface area (Å²) in [5.41, 5.74) is 4.05. The highest BCUT2D eigenvalue weighted by molar-refractivity contribution is 5.92. The second kappa shape index (κ2) is 7.55. The first-order valence-electron chi connectivity index (χ1n) is 9.47. The van der Waals surface area contributed by atoms with Crippen molar-refractivity contribution in [2.45, 2.75) is 40.2 Å². The Morgan fingerprint density at radius 2 is 1.63 bits per heavy atom. The van der Waals surface area contributed by atoms with Crippen LogP contribution in [0.15, 0.2) is 30.3 Å². The van der Waals surface area contributed by atoms with Gasteiger partial charge in [-0.15, -0.1) is 10.2 Å². The maximum atomic E-state index is 12.2. The lowest BCUT2D eigenvalue weighted by molar-refractivity contribution is 0.0913. The molecule has 27 heavy (non-hydrogen) atoms. The number of aryl methyl sites for hydroxylation is 1. The molecule has 1 aromatic carbocycles. The van der Waals surface area contributed by atoms with E-state index in [0.29, 0.717) is 5.69 Å². The Morgan fingerprint density at radius 1 is 0.963 bits per heavy atom. The zero-order chi connectivity index (χ0) is 19.6. The number of piperazine rings is 1. The summed E-state index contributed by atoms with van der Waals surface area (Å²) in [7, 11) is 0. The van der Waals surface area contributed by atoms with Crippen LogP contribution in [0.25, 0.3) is 0 Å². The third kappa shape index (κ3) is 4.56. The van der Waals surface area contributed by atoms with Crippen molar-refractivity contribution in [3.05, 3.63) is 47.2 Å². The largest absolute Gasteiger partial charge is 0.368 e. The van der Waals surface area contributed by atoms with Crippen LogP contribution in [0, 0.1) is 13.8 Å². The lowest BCUT2D eigenvalue weighted by Crippen LogP contribution is -2.47. The fraction of sp³-hybridized carbons (Fsp3) is 0.476. The van der Waals surface area contributed by atoms with Gasteiger partial charge >= 0.3 is 0 Å². The molecule has 6 nitrogen and oxygen atoms in total. The fourth-order valence-corrected chi connectivity index (χ4v) is 3.27. The fourth-order valence-electron chi connectivity index (χ4n) is 3.27. The van der Waals surface area contributed by atoms with Crippen LogP contribution in [0.1, 0.15) is 42.4 Å². The number of nitrogens with one attached hydrogen (secondary N) is 1. The molecule has 1 aliphatic rings. The molecule has 0 spiro atoms. The van der Waals surface area contributed by atoms with Gasteiger partial charge in [0, 0.05) is 37.4 Å². The van der Waals surface area contributed by atoms with E-state index in [2.05, 4.69) is 57.4 Å². The Balaban J connectivity index is 1.63. The number of rotatable bonds is 3. The van der Waals surface area contributed by atoms with Crippen LogP contribution in [0.4, 0.5) is 11.5 Å². The van der Waals surface area contributed by atoms with E-state index in [1.54, 1.807) is 6.07 Å². The minimum atomic E-state index is -0.290. The molecule has 1 saturated heterocycles. The Hall–Kier alpha value is -2.63. The number of carbonyl (C=O) groups is 1. The molecule has 0 radical (unpaired) electrons. The maximum Gasteiger partial charge on any atom is 0.272 e. The van der Waals surface area contributed by atoms with Gasteiger partial charge in [0.05, 0.1) is 0 Å². The van der Waals surface area contributed by atoms with Crippen molar-refractivity contribution in [3.8, 4) is 0 Å². The summed E-state index contributed by atoms with van der Waals surface area (Å²) in [6.07, 6.45) is 0. The smallest absolute Gasteiger partial charge is 0.272 e. The molecule has 0 saturated carbocycles. The Morgan fingerprint density at radius 3 is 2.22 bits per heavy atom. The quantitative estimate of drug-likeness (QED) is 0.904. The number of nitrogens with zero attached hydrogens (tertiary/aromatic N) is 4. The SMILES string of the molecule is Cc1cccc(N2CCN(c3ccc(C(=O)NC(C)(C)C)nn3)CC2)c1C. The first-order chi connectivity index (χ1) is 12.7. The lowest BCUT2D eigenvalue weighted by atomic mass is 10.1. The molecule has 0 aliphatic carbocycles. The monoisotopic (exact) mass is 367 g/mol. The summed E-state index contributed by atoms with van der Waals surface area (Å²) < 4.78 is 0. The topological polar surface area (TPSA) is 61.4 Å². The standard InChI is InChI=1S/C21H29N5O/c1-15-7-6-8-18(16(15)2)25-11-13-26(14-12-25)19-10-9-17(23-24-19)20(27)22-21(3,4)5/h6-10H,11-14H2,1-5H3,(H,22,27). The van der Waals surface area contributed by atoms with Crippen LogP contribution in [0.2, 0.25) is 0 Å². The maximum absolute atomic E-state index is 12.2. The van der Waals surface area contributed by atoms with Crippen molar-refractivity contribution in [1.29, 1.82) is 0 Å². The van der Waals surface area contributed by atoms with Crippen LogP contribution in [-0.2, 0) is 0 Å². The van der Waals surface area contributed by atoms with Crippen molar-refractivity contribution >= 4 is 17.4 Å². The van der Waals surface area contributed by atoms with Gasteiger partial charge in [0.2, 0.25) is 0 Å². The van der Waals surface area contributed by atoms with Crippen molar-refractivity contribution in [1.82, 2.24) is 15.5 Å². The Bertz CT molecular complexity index is 802. The summed E-state index contributed by atoms with van der Waals surface area (Å²) in [5.74, 6) is 0.629. The summed E-state index contributed by atoms with van der Waals surface area (Å²) >= 11 is 0. The Kier molecular flexibility index (Phi) is 5.35. The molecular weight excluding hydrogens is 338 g/mol. The molecule has 6 heteroatoms. The number of anilines is 2. The number of benzene rings is 1. The number of carbonyl (C=O) groups excluding carboxylic acids is 1. The van der Waals surface area contributed by atoms with E-state index in [9.17, 15) is 4.79 Å². The molecule has 1 fully saturated rings. The van der Waals surface area contributed by atoms with Crippen LogP contribution in [0.3, 0.4) is 0 Å². The molecule has 1 aromatic heterocycles. The predicted octanol–water partition coefficient (Wildman–Crippen LogP) is 2.95. The van der Waals surface area contributed by atoms with Gasteiger partial charge in [-0.2, -0.15) is 0 Å². The molecular formula is C21H29N5O. The minimum Gasteiger partial charge on any atom is -0.368 e. The molecule has 0 unspecified atom stereocenters. The zero-order valence-electron chi connectivity index (χ0n) is 16.9. The van der Waals surface area contributed by atoms with Gasteiger partial charge in [-0.05, 0) is 63.9 Å². The summed E-state index contributed by atoms with van der Waals surface area (Å²) in [6.45, 7) is 13.8. The van der Waals surface area contributed by atoms with Gasteiger partial charge in [0.15, 0.2) is 11.5 Å². The molecule has 2 aromatic rings. The molecule has 2 heterocycles. The van der Waals surface area contributed by atoms with E-state index in [4.69, 9.17) is 0 Å². The van der Waals surface area contributed by atoms with Gasteiger partial charge in [-0.3, -0.25) is 4.79 Å². The van der Waals surface area contributed by atoms with E-state index in [0.717, 1.165) is 32.0 Å². The number of aromatic nitrogens is 2. The van der Waals surface area contributed by atoms with Crippen molar-refractivity contribution in [3.63, 3.8) is 0 Å². The van der Waals surface area contributed by atoms with Crippen LogP contribution >= 0.6 is 0 Å². The van der Waals surface area contributed by atoms with Gasteiger partial charge in [-0.25, -0.2) is 0 Å². The van der Waals surface area contributed by atoms with Crippen molar-refractivity contribution < 1.29 is 4.79 Å². The van der Waals surface area contributed by atoms with E-state index in [1.807, 2.05) is 26.8 Å². The van der Waals surface area contributed by atoms with Crippen LogP contribution < -0.4 is 15.1 Å². The molecule has 1 amide bonds. The van der Waals surface area contributed by atoms with Crippen molar-refractivity contribution in [2.75, 3.05) is 36.0 Å². The zero-order valence-corrected chi connectivity index (χ0v) is 16.9. The first-order valence-corrected chi connectivity index (χ1v) is 9.47. The highest BCUT2D eigenvalue weighted by atomic mass is 16.2. The van der Waals surface area contributed by atoms with E-state index in [1.165, 1.54) is 16.8 Å². The second-order valence-corrected chi connectivity index (χ2v) is 8.17. The summed E-state index contributed by atoms with van der Waals surface area (Å²) in [5, 5.41) is 11.3. The lowest BCUT2D eigenvalue weighted by Gasteiger charge is -2.37. The van der Waals surface area contributed by atoms with Crippen LogP contribution in [-0.4, -0.2) is 47.8 Å². The third-order valence-electron chi connectivity index (χ3n) is 4.89. The van der Waals surface area contributed by atoms with E-state index < -0.39 is 0 Å². The molecule has 0 atom stereocenters. The van der Waals surface area contributed by atoms with Gasteiger partial charge < -0.3 is 15.1 Å². The second-order valence-electron chi connectivity index (χ2n) is 8.17. The van der Waals surface area contributed by atoms with Crippen LogP contribution in [0.5, 0.6) is 0 Å². The van der Waals surface area contributed by atoms with Gasteiger partial charge in [-0.1, -0.05) is 12.1 Å². The van der Waals surface area contributed by atoms with E-state index >= 15 is 0 Å². The molecule has 0 bridgehead atoms. The molecule has 3 rings (SSSR count).